The van der Waals surface area contributed by atoms with Crippen LogP contribution in [-0.2, 0) is 10.2 Å². The smallest absolute Gasteiger partial charge is 0.311 e. The number of carboxylic acid groups (broad SMARTS) is 1. The number of carbonyl (C=O) groups is 1. The van der Waals surface area contributed by atoms with Crippen LogP contribution in [0, 0.1) is 11.8 Å². The van der Waals surface area contributed by atoms with E-state index in [1.54, 1.807) is 0 Å². The lowest BCUT2D eigenvalue weighted by molar-refractivity contribution is -0.140. The highest BCUT2D eigenvalue weighted by Crippen LogP contribution is 2.37. The number of rotatable bonds is 5. The van der Waals surface area contributed by atoms with Crippen LogP contribution in [-0.4, -0.2) is 11.1 Å². The van der Waals surface area contributed by atoms with Crippen molar-refractivity contribution in [1.29, 1.82) is 0 Å². The molecule has 118 valence electrons. The molecule has 0 saturated heterocycles. The first kappa shape index (κ1) is 17.5. The van der Waals surface area contributed by atoms with Gasteiger partial charge in [-0.05, 0) is 34.4 Å². The van der Waals surface area contributed by atoms with E-state index in [4.69, 9.17) is 5.73 Å². The molecule has 2 unspecified atom stereocenters. The normalized spacial score (nSPS) is 15.0. The SMILES string of the molecule is CCC(C(C)C)C(C(=O)O)c1cc(C(C)(C)C)ccc1N. The first-order chi connectivity index (χ1) is 9.59. The Bertz CT molecular complexity index is 500. The van der Waals surface area contributed by atoms with Crippen LogP contribution in [0.15, 0.2) is 18.2 Å². The molecule has 0 amide bonds. The maximum atomic E-state index is 11.9. The van der Waals surface area contributed by atoms with Crippen LogP contribution < -0.4 is 5.73 Å². The number of hydrogen-bond acceptors (Lipinski definition) is 2. The lowest BCUT2D eigenvalue weighted by atomic mass is 9.75. The molecule has 0 radical (unpaired) electrons. The molecule has 1 aromatic carbocycles. The number of aliphatic carboxylic acids is 1. The Hall–Kier alpha value is -1.51. The Balaban J connectivity index is 3.41. The van der Waals surface area contributed by atoms with Crippen molar-refractivity contribution >= 4 is 11.7 Å². The Kier molecular flexibility index (Phi) is 5.43. The third-order valence-corrected chi connectivity index (χ3v) is 4.31. The van der Waals surface area contributed by atoms with E-state index in [1.807, 2.05) is 25.1 Å². The van der Waals surface area contributed by atoms with Gasteiger partial charge in [0.25, 0.3) is 0 Å². The lowest BCUT2D eigenvalue weighted by Crippen LogP contribution is -2.26. The van der Waals surface area contributed by atoms with E-state index in [0.717, 1.165) is 17.5 Å². The molecule has 0 aliphatic carbocycles. The second-order valence-electron chi connectivity index (χ2n) is 7.23. The molecule has 2 atom stereocenters. The summed E-state index contributed by atoms with van der Waals surface area (Å²) in [4.78, 5) is 11.9. The minimum atomic E-state index is -0.784. The molecule has 1 rings (SSSR count). The van der Waals surface area contributed by atoms with Gasteiger partial charge in [-0.1, -0.05) is 60.1 Å². The molecule has 0 aromatic heterocycles. The molecule has 3 nitrogen and oxygen atoms in total. The van der Waals surface area contributed by atoms with E-state index in [1.165, 1.54) is 0 Å². The third kappa shape index (κ3) is 3.99. The van der Waals surface area contributed by atoms with Gasteiger partial charge in [-0.2, -0.15) is 0 Å². The average Bonchev–Trinajstić information content (AvgIpc) is 2.34. The number of nitrogen functional groups attached to an aromatic ring is 1. The minimum Gasteiger partial charge on any atom is -0.481 e. The van der Waals surface area contributed by atoms with E-state index < -0.39 is 11.9 Å². The van der Waals surface area contributed by atoms with E-state index in [9.17, 15) is 9.90 Å². The molecule has 0 aliphatic rings. The summed E-state index contributed by atoms with van der Waals surface area (Å²) in [7, 11) is 0. The average molecular weight is 291 g/mol. The van der Waals surface area contributed by atoms with Crippen LogP contribution in [0.3, 0.4) is 0 Å². The number of hydrogen-bond donors (Lipinski definition) is 2. The first-order valence-electron chi connectivity index (χ1n) is 7.72. The Labute approximate surface area is 128 Å². The molecular weight excluding hydrogens is 262 g/mol. The van der Waals surface area contributed by atoms with Crippen molar-refractivity contribution in [2.75, 3.05) is 5.73 Å². The molecule has 0 bridgehead atoms. The van der Waals surface area contributed by atoms with Crippen LogP contribution in [0.2, 0.25) is 0 Å². The summed E-state index contributed by atoms with van der Waals surface area (Å²) >= 11 is 0. The summed E-state index contributed by atoms with van der Waals surface area (Å²) in [5, 5.41) is 9.74. The summed E-state index contributed by atoms with van der Waals surface area (Å²) in [6, 6.07) is 5.83. The Morgan fingerprint density at radius 1 is 1.29 bits per heavy atom. The maximum Gasteiger partial charge on any atom is 0.311 e. The molecule has 1 aromatic rings. The largest absolute Gasteiger partial charge is 0.481 e. The van der Waals surface area contributed by atoms with E-state index >= 15 is 0 Å². The highest BCUT2D eigenvalue weighted by molar-refractivity contribution is 5.79. The minimum absolute atomic E-state index is 0.0228. The monoisotopic (exact) mass is 291 g/mol. The van der Waals surface area contributed by atoms with E-state index in [0.29, 0.717) is 11.6 Å². The van der Waals surface area contributed by atoms with E-state index in [2.05, 4.69) is 34.6 Å². The number of nitrogens with two attached hydrogens (primary N) is 1. The molecule has 21 heavy (non-hydrogen) atoms. The van der Waals surface area contributed by atoms with Crippen molar-refractivity contribution in [2.24, 2.45) is 11.8 Å². The van der Waals surface area contributed by atoms with Crippen LogP contribution in [0.4, 0.5) is 5.69 Å². The fourth-order valence-corrected chi connectivity index (χ4v) is 2.95. The van der Waals surface area contributed by atoms with Gasteiger partial charge < -0.3 is 10.8 Å². The topological polar surface area (TPSA) is 63.3 Å². The highest BCUT2D eigenvalue weighted by Gasteiger charge is 2.32. The first-order valence-corrected chi connectivity index (χ1v) is 7.72. The zero-order valence-corrected chi connectivity index (χ0v) is 14.1. The maximum absolute atomic E-state index is 11.9. The van der Waals surface area contributed by atoms with Crippen LogP contribution in [0.25, 0.3) is 0 Å². The Morgan fingerprint density at radius 2 is 1.86 bits per heavy atom. The molecule has 3 heteroatoms. The van der Waals surface area contributed by atoms with Crippen molar-refractivity contribution in [2.45, 2.75) is 59.3 Å². The van der Waals surface area contributed by atoms with Crippen LogP contribution >= 0.6 is 0 Å². The van der Waals surface area contributed by atoms with Crippen molar-refractivity contribution < 1.29 is 9.90 Å². The fraction of sp³-hybridized carbons (Fsp3) is 0.611. The molecular formula is C18H29NO2. The van der Waals surface area contributed by atoms with Crippen molar-refractivity contribution in [1.82, 2.24) is 0 Å². The lowest BCUT2D eigenvalue weighted by Gasteiger charge is -2.29. The van der Waals surface area contributed by atoms with Gasteiger partial charge in [-0.3, -0.25) is 4.79 Å². The summed E-state index contributed by atoms with van der Waals surface area (Å²) in [5.74, 6) is -0.945. The predicted molar refractivity (Wildman–Crippen MR) is 88.6 cm³/mol. The molecule has 0 heterocycles. The van der Waals surface area contributed by atoms with Gasteiger partial charge in [-0.25, -0.2) is 0 Å². The van der Waals surface area contributed by atoms with Crippen LogP contribution in [0.1, 0.15) is 65.0 Å². The standard InChI is InChI=1S/C18H29NO2/c1-7-13(11(2)3)16(17(20)21)14-10-12(18(4,5)6)8-9-15(14)19/h8-11,13,16H,7,19H2,1-6H3,(H,20,21). The molecule has 0 spiro atoms. The van der Waals surface area contributed by atoms with Crippen LogP contribution in [0.5, 0.6) is 0 Å². The number of anilines is 1. The molecule has 3 N–H and O–H groups in total. The summed E-state index contributed by atoms with van der Waals surface area (Å²) < 4.78 is 0. The zero-order chi connectivity index (χ0) is 16.4. The summed E-state index contributed by atoms with van der Waals surface area (Å²) in [6.07, 6.45) is 0.827. The van der Waals surface area contributed by atoms with Crippen molar-refractivity contribution in [3.05, 3.63) is 29.3 Å². The highest BCUT2D eigenvalue weighted by atomic mass is 16.4. The van der Waals surface area contributed by atoms with Gasteiger partial charge in [0.05, 0.1) is 5.92 Å². The van der Waals surface area contributed by atoms with Gasteiger partial charge >= 0.3 is 5.97 Å². The molecule has 0 saturated carbocycles. The Morgan fingerprint density at radius 3 is 2.24 bits per heavy atom. The zero-order valence-electron chi connectivity index (χ0n) is 14.1. The number of benzene rings is 1. The second kappa shape index (κ2) is 6.50. The molecule has 0 aliphatic heterocycles. The second-order valence-corrected chi connectivity index (χ2v) is 7.23. The predicted octanol–water partition coefficient (Wildman–Crippen LogP) is 4.42. The van der Waals surface area contributed by atoms with Gasteiger partial charge in [0, 0.05) is 5.69 Å². The number of carboxylic acids is 1. The molecule has 0 fully saturated rings. The van der Waals surface area contributed by atoms with Gasteiger partial charge in [0.1, 0.15) is 0 Å². The van der Waals surface area contributed by atoms with Gasteiger partial charge in [0.15, 0.2) is 0 Å². The van der Waals surface area contributed by atoms with E-state index in [-0.39, 0.29) is 11.3 Å². The third-order valence-electron chi connectivity index (χ3n) is 4.31. The summed E-state index contributed by atoms with van der Waals surface area (Å²) in [5.41, 5.74) is 8.54. The quantitative estimate of drug-likeness (QED) is 0.789. The van der Waals surface area contributed by atoms with Crippen molar-refractivity contribution in [3.8, 4) is 0 Å². The van der Waals surface area contributed by atoms with Gasteiger partial charge in [-0.15, -0.1) is 0 Å². The van der Waals surface area contributed by atoms with Crippen molar-refractivity contribution in [3.63, 3.8) is 0 Å². The summed E-state index contributed by atoms with van der Waals surface area (Å²) in [6.45, 7) is 12.6. The van der Waals surface area contributed by atoms with Gasteiger partial charge in [0.2, 0.25) is 0 Å². The fourth-order valence-electron chi connectivity index (χ4n) is 2.95.